The zero-order chi connectivity index (χ0) is 23.5. The Bertz CT molecular complexity index is 1120. The van der Waals surface area contributed by atoms with E-state index in [-0.39, 0.29) is 6.04 Å². The van der Waals surface area contributed by atoms with Crippen LogP contribution in [0.5, 0.6) is 0 Å². The highest BCUT2D eigenvalue weighted by Gasteiger charge is 2.24. The van der Waals surface area contributed by atoms with Crippen molar-refractivity contribution >= 4 is 34.9 Å². The maximum absolute atomic E-state index is 5.63. The first-order valence-electron chi connectivity index (χ1n) is 12.1. The van der Waals surface area contributed by atoms with Gasteiger partial charge in [0.15, 0.2) is 5.11 Å². The summed E-state index contributed by atoms with van der Waals surface area (Å²) in [5.41, 5.74) is 3.90. The third-order valence-corrected chi connectivity index (χ3v) is 7.06. The number of thiocarbonyl (C=S) groups is 1. The minimum absolute atomic E-state index is 0.0838. The molecule has 176 valence electrons. The van der Waals surface area contributed by atoms with Gasteiger partial charge in [0, 0.05) is 32.2 Å². The molecule has 3 heterocycles. The number of benzene rings is 2. The van der Waals surface area contributed by atoms with Crippen molar-refractivity contribution in [2.75, 3.05) is 28.2 Å². The number of rotatable bonds is 5. The van der Waals surface area contributed by atoms with Gasteiger partial charge in [-0.2, -0.15) is 9.97 Å². The van der Waals surface area contributed by atoms with E-state index in [0.717, 1.165) is 43.7 Å². The van der Waals surface area contributed by atoms with Gasteiger partial charge in [0.1, 0.15) is 11.6 Å². The lowest BCUT2D eigenvalue weighted by Crippen LogP contribution is -2.35. The van der Waals surface area contributed by atoms with Crippen LogP contribution in [0.25, 0.3) is 0 Å². The number of nitrogens with zero attached hydrogens (tertiary/aromatic N) is 4. The lowest BCUT2D eigenvalue weighted by atomic mass is 9.99. The molecule has 1 aromatic heterocycles. The lowest BCUT2D eigenvalue weighted by Gasteiger charge is -2.32. The molecule has 0 spiro atoms. The van der Waals surface area contributed by atoms with Gasteiger partial charge in [-0.3, -0.25) is 0 Å². The lowest BCUT2D eigenvalue weighted by molar-refractivity contribution is 0.436. The van der Waals surface area contributed by atoms with E-state index < -0.39 is 0 Å². The van der Waals surface area contributed by atoms with Gasteiger partial charge in [-0.15, -0.1) is 0 Å². The molecule has 0 amide bonds. The summed E-state index contributed by atoms with van der Waals surface area (Å²) in [5.74, 6) is 3.20. The van der Waals surface area contributed by atoms with Crippen LogP contribution in [0.1, 0.15) is 49.4 Å². The maximum Gasteiger partial charge on any atom is 0.232 e. The number of piperidine rings is 1. The van der Waals surface area contributed by atoms with Crippen molar-refractivity contribution in [1.82, 2.24) is 15.3 Å². The topological polar surface area (TPSA) is 56.3 Å². The van der Waals surface area contributed by atoms with Gasteiger partial charge < -0.3 is 20.4 Å². The normalized spacial score (nSPS) is 16.8. The van der Waals surface area contributed by atoms with Crippen molar-refractivity contribution in [3.8, 4) is 0 Å². The molecule has 0 radical (unpaired) electrons. The molecule has 0 unspecified atom stereocenters. The molecular weight excluding hydrogens is 440 g/mol. The van der Waals surface area contributed by atoms with Crippen molar-refractivity contribution in [3.05, 3.63) is 77.4 Å². The van der Waals surface area contributed by atoms with E-state index in [4.69, 9.17) is 22.2 Å². The average Bonchev–Trinajstić information content (AvgIpc) is 3.29. The number of fused-ring (bicyclic) bond motifs is 1. The van der Waals surface area contributed by atoms with E-state index in [1.807, 2.05) is 18.2 Å². The molecule has 0 saturated carbocycles. The summed E-state index contributed by atoms with van der Waals surface area (Å²) in [5, 5.41) is 7.15. The summed E-state index contributed by atoms with van der Waals surface area (Å²) in [6.45, 7) is 8.18. The predicted molar refractivity (Wildman–Crippen MR) is 143 cm³/mol. The molecular formula is C27H32N6S. The summed E-state index contributed by atoms with van der Waals surface area (Å²) in [6.07, 6.45) is 2.37. The van der Waals surface area contributed by atoms with Crippen LogP contribution in [-0.2, 0) is 13.1 Å². The molecule has 1 saturated heterocycles. The SMILES string of the molecule is CC1CCN(c2cc(N3Cc4ccccc4C3)nc(NC(=S)N[C@H](C)c3ccccc3)n2)CC1. The highest BCUT2D eigenvalue weighted by Crippen LogP contribution is 2.31. The number of hydrogen-bond donors (Lipinski definition) is 2. The molecule has 6 nitrogen and oxygen atoms in total. The molecule has 2 aliphatic rings. The summed E-state index contributed by atoms with van der Waals surface area (Å²) in [4.78, 5) is 14.4. The molecule has 0 aliphatic carbocycles. The highest BCUT2D eigenvalue weighted by molar-refractivity contribution is 7.80. The molecule has 2 aromatic carbocycles. The summed E-state index contributed by atoms with van der Waals surface area (Å²) < 4.78 is 0. The predicted octanol–water partition coefficient (Wildman–Crippen LogP) is 5.28. The number of anilines is 3. The van der Waals surface area contributed by atoms with E-state index in [2.05, 4.69) is 76.7 Å². The average molecular weight is 473 g/mol. The first-order valence-corrected chi connectivity index (χ1v) is 12.5. The van der Waals surface area contributed by atoms with Gasteiger partial charge in [-0.1, -0.05) is 61.5 Å². The number of aromatic nitrogens is 2. The van der Waals surface area contributed by atoms with Gasteiger partial charge in [-0.05, 0) is 54.6 Å². The van der Waals surface area contributed by atoms with Crippen molar-refractivity contribution in [3.63, 3.8) is 0 Å². The second kappa shape index (κ2) is 9.97. The third kappa shape index (κ3) is 5.14. The Hall–Kier alpha value is -3.19. The standard InChI is InChI=1S/C27H32N6S/c1-19-12-14-32(15-13-19)24-16-25(33-17-22-10-6-7-11-23(22)18-33)30-26(29-24)31-27(34)28-20(2)21-8-4-3-5-9-21/h3-11,16,19-20H,12-15,17-18H2,1-2H3,(H2,28,29,30,31,34)/t20-/m1/s1. The van der Waals surface area contributed by atoms with Crippen LogP contribution in [0.15, 0.2) is 60.7 Å². The van der Waals surface area contributed by atoms with Crippen molar-refractivity contribution < 1.29 is 0 Å². The minimum Gasteiger partial charge on any atom is -0.356 e. The van der Waals surface area contributed by atoms with Gasteiger partial charge in [0.2, 0.25) is 5.95 Å². The van der Waals surface area contributed by atoms with Gasteiger partial charge in [0.05, 0.1) is 6.04 Å². The van der Waals surface area contributed by atoms with Crippen molar-refractivity contribution in [1.29, 1.82) is 0 Å². The number of nitrogens with one attached hydrogen (secondary N) is 2. The molecule has 2 aliphatic heterocycles. The Morgan fingerprint density at radius 3 is 2.15 bits per heavy atom. The first-order chi connectivity index (χ1) is 16.5. The monoisotopic (exact) mass is 472 g/mol. The van der Waals surface area contributed by atoms with Crippen LogP contribution in [0.4, 0.5) is 17.6 Å². The second-order valence-electron chi connectivity index (χ2n) is 9.43. The fraction of sp³-hybridized carbons (Fsp3) is 0.370. The highest BCUT2D eigenvalue weighted by atomic mass is 32.1. The van der Waals surface area contributed by atoms with Crippen LogP contribution in [0.2, 0.25) is 0 Å². The minimum atomic E-state index is 0.0838. The van der Waals surface area contributed by atoms with Crippen LogP contribution in [-0.4, -0.2) is 28.2 Å². The van der Waals surface area contributed by atoms with Gasteiger partial charge in [-0.25, -0.2) is 0 Å². The quantitative estimate of drug-likeness (QED) is 0.490. The Labute approximate surface area is 207 Å². The molecule has 5 rings (SSSR count). The summed E-state index contributed by atoms with van der Waals surface area (Å²) in [6, 6.07) is 21.1. The van der Waals surface area contributed by atoms with Crippen LogP contribution >= 0.6 is 12.2 Å². The molecule has 3 aromatic rings. The van der Waals surface area contributed by atoms with Crippen molar-refractivity contribution in [2.45, 2.75) is 45.8 Å². The third-order valence-electron chi connectivity index (χ3n) is 6.84. The van der Waals surface area contributed by atoms with Gasteiger partial charge in [0.25, 0.3) is 0 Å². The van der Waals surface area contributed by atoms with E-state index in [0.29, 0.717) is 11.1 Å². The van der Waals surface area contributed by atoms with Crippen LogP contribution < -0.4 is 20.4 Å². The van der Waals surface area contributed by atoms with Crippen LogP contribution in [0, 0.1) is 5.92 Å². The first kappa shape index (κ1) is 22.6. The summed E-state index contributed by atoms with van der Waals surface area (Å²) >= 11 is 5.63. The molecule has 1 fully saturated rings. The van der Waals surface area contributed by atoms with E-state index in [1.54, 1.807) is 0 Å². The van der Waals surface area contributed by atoms with Gasteiger partial charge >= 0.3 is 0 Å². The Morgan fingerprint density at radius 2 is 1.50 bits per heavy atom. The van der Waals surface area contributed by atoms with E-state index >= 15 is 0 Å². The zero-order valence-electron chi connectivity index (χ0n) is 19.9. The Balaban J connectivity index is 1.37. The molecule has 2 N–H and O–H groups in total. The molecule has 0 bridgehead atoms. The number of hydrogen-bond acceptors (Lipinski definition) is 5. The van der Waals surface area contributed by atoms with Crippen molar-refractivity contribution in [2.24, 2.45) is 5.92 Å². The smallest absolute Gasteiger partial charge is 0.232 e. The van der Waals surface area contributed by atoms with E-state index in [1.165, 1.54) is 29.5 Å². The molecule has 34 heavy (non-hydrogen) atoms. The Morgan fingerprint density at radius 1 is 0.912 bits per heavy atom. The van der Waals surface area contributed by atoms with Crippen LogP contribution in [0.3, 0.4) is 0 Å². The Kier molecular flexibility index (Phi) is 6.63. The molecule has 7 heteroatoms. The van der Waals surface area contributed by atoms with E-state index in [9.17, 15) is 0 Å². The fourth-order valence-electron chi connectivity index (χ4n) is 4.69. The molecule has 1 atom stereocenters. The fourth-order valence-corrected chi connectivity index (χ4v) is 4.96. The second-order valence-corrected chi connectivity index (χ2v) is 9.84. The summed E-state index contributed by atoms with van der Waals surface area (Å²) in [7, 11) is 0. The zero-order valence-corrected chi connectivity index (χ0v) is 20.7. The largest absolute Gasteiger partial charge is 0.356 e. The maximum atomic E-state index is 5.63.